The number of nitrogens with one attached hydrogen (secondary N) is 5. The number of carbonyl (C=O) groups excluding carboxylic acids is 6. The Balaban J connectivity index is 1.48. The first kappa shape index (κ1) is 65.8. The maximum atomic E-state index is 14.5. The van der Waals surface area contributed by atoms with Crippen molar-refractivity contribution >= 4 is 36.4 Å². The molecule has 458 valence electrons. The van der Waals surface area contributed by atoms with Gasteiger partial charge in [0.2, 0.25) is 6.29 Å². The van der Waals surface area contributed by atoms with Crippen molar-refractivity contribution in [1.82, 2.24) is 36.4 Å². The fourth-order valence-electron chi connectivity index (χ4n) is 9.90. The number of β-amino-alcohol motifs (C(OH)–C–C–N with tert-alkyl or cyclic N) is 1. The van der Waals surface area contributed by atoms with Crippen LogP contribution in [0.1, 0.15) is 143 Å². The topological polar surface area (TPSA) is 333 Å². The summed E-state index contributed by atoms with van der Waals surface area (Å²) in [5.41, 5.74) is -8.50. The zero-order valence-corrected chi connectivity index (χ0v) is 49.9. The molecule has 0 bridgehead atoms. The largest absolute Gasteiger partial charge is 0.466 e. The number of likely N-dealkylation sites (N-methyl/N-ethyl adjacent to an activating group) is 1. The average molecular weight is 1140 g/mol. The van der Waals surface area contributed by atoms with E-state index in [1.807, 2.05) is 0 Å². The number of rotatable bonds is 14. The summed E-state index contributed by atoms with van der Waals surface area (Å²) in [5, 5.41) is 63.0. The number of amides is 6. The van der Waals surface area contributed by atoms with Gasteiger partial charge in [0.1, 0.15) is 63.8 Å². The first-order valence-corrected chi connectivity index (χ1v) is 27.5. The molecule has 26 heteroatoms. The normalized spacial score (nSPS) is 32.2. The number of alkyl carbamates (subject to hydrolysis) is 3. The highest BCUT2D eigenvalue weighted by Gasteiger charge is 2.56. The molecular formula is C54H93N7O19. The van der Waals surface area contributed by atoms with Crippen LogP contribution in [0.2, 0.25) is 0 Å². The number of carbonyl (C=O) groups is 6. The fraction of sp³-hybridized carbons (Fsp3) is 0.852. The molecule has 1 unspecified atom stereocenters. The lowest BCUT2D eigenvalue weighted by Gasteiger charge is -2.50. The van der Waals surface area contributed by atoms with Gasteiger partial charge in [-0.15, -0.1) is 0 Å². The fourth-order valence-corrected chi connectivity index (χ4v) is 9.90. The maximum Gasteiger partial charge on any atom is 0.410 e. The summed E-state index contributed by atoms with van der Waals surface area (Å²) in [6, 6.07) is -5.14. The van der Waals surface area contributed by atoms with Gasteiger partial charge in [0.15, 0.2) is 11.9 Å². The van der Waals surface area contributed by atoms with E-state index < -0.39 is 150 Å². The standard InChI is InChI=1S/C54H93N7O19/c1-48(2,3)76-43(65)56-30-22-29(23-30)25-55-26-31-18-19-32(58-44(66)77-49(4,5)6)40(73-31)74-38-34(59-45(67)78-50(7,8)9)24-33(57-42(64)54(71)20-21-61(27-54)47(69)80-52(13,14)15)37(35(38)62)75-41-36(63)39(53(16,70)28-72-41)60(17)46(68)79-51(10,11)12/h18,29-30,32-41,55,62-63,70-71H,19-28H2,1-17H3,(H,56,65)(H,57,64)(H,58,66)(H,59,67)/t29-,30-,32-,33-,34+,35-,36-,37+,38-,39-,40-,41-,53+,54?/m1/s1. The second-order valence-electron chi connectivity index (χ2n) is 27.0. The van der Waals surface area contributed by atoms with Crippen molar-refractivity contribution in [3.05, 3.63) is 11.8 Å². The molecule has 80 heavy (non-hydrogen) atoms. The van der Waals surface area contributed by atoms with Crippen LogP contribution >= 0.6 is 0 Å². The molecule has 6 amide bonds. The summed E-state index contributed by atoms with van der Waals surface area (Å²) >= 11 is 0. The molecule has 0 radical (unpaired) electrons. The molecule has 26 nitrogen and oxygen atoms in total. The monoisotopic (exact) mass is 1140 g/mol. The van der Waals surface area contributed by atoms with Gasteiger partial charge in [0, 0.05) is 26.1 Å². The first-order chi connectivity index (χ1) is 36.5. The highest BCUT2D eigenvalue weighted by Crippen LogP contribution is 2.36. The molecule has 5 aliphatic rings. The minimum atomic E-state index is -2.20. The quantitative estimate of drug-likeness (QED) is 0.113. The molecule has 9 N–H and O–H groups in total. The molecule has 0 spiro atoms. The number of nitrogens with zero attached hydrogens (tertiary/aromatic N) is 2. The van der Waals surface area contributed by atoms with Gasteiger partial charge < -0.3 is 99.4 Å². The van der Waals surface area contributed by atoms with Crippen molar-refractivity contribution in [2.45, 2.75) is 249 Å². The predicted molar refractivity (Wildman–Crippen MR) is 286 cm³/mol. The van der Waals surface area contributed by atoms with Gasteiger partial charge in [-0.3, -0.25) is 4.79 Å². The zero-order valence-electron chi connectivity index (χ0n) is 49.9. The summed E-state index contributed by atoms with van der Waals surface area (Å²) < 4.78 is 53.3. The number of aliphatic hydroxyl groups excluding tert-OH is 2. The van der Waals surface area contributed by atoms with Gasteiger partial charge in [0.25, 0.3) is 5.91 Å². The van der Waals surface area contributed by atoms with Gasteiger partial charge in [-0.2, -0.15) is 0 Å². The van der Waals surface area contributed by atoms with Crippen LogP contribution in [0, 0.1) is 5.92 Å². The van der Waals surface area contributed by atoms with Crippen molar-refractivity contribution < 1.29 is 91.8 Å². The van der Waals surface area contributed by atoms with Gasteiger partial charge in [-0.05, 0) is 155 Å². The molecule has 3 heterocycles. The highest BCUT2D eigenvalue weighted by atomic mass is 16.7. The van der Waals surface area contributed by atoms with Gasteiger partial charge >= 0.3 is 30.5 Å². The number of hydrogen-bond acceptors (Lipinski definition) is 20. The van der Waals surface area contributed by atoms with Crippen LogP contribution in [0.3, 0.4) is 0 Å². The Morgan fingerprint density at radius 2 is 1.18 bits per heavy atom. The summed E-state index contributed by atoms with van der Waals surface area (Å²) in [7, 11) is 1.32. The summed E-state index contributed by atoms with van der Waals surface area (Å²) in [5.74, 6) is -0.369. The Morgan fingerprint density at radius 1 is 0.675 bits per heavy atom. The molecule has 5 rings (SSSR count). The first-order valence-electron chi connectivity index (χ1n) is 27.5. The molecule has 2 saturated carbocycles. The average Bonchev–Trinajstić information content (AvgIpc) is 3.67. The molecule has 4 fully saturated rings. The van der Waals surface area contributed by atoms with Crippen LogP contribution in [0.4, 0.5) is 24.0 Å². The summed E-state index contributed by atoms with van der Waals surface area (Å²) in [6.45, 7) is 26.4. The van der Waals surface area contributed by atoms with Crippen LogP contribution in [0.15, 0.2) is 11.8 Å². The molecule has 12 atom stereocenters. The minimum absolute atomic E-state index is 0.0473. The molecule has 2 aliphatic carbocycles. The summed E-state index contributed by atoms with van der Waals surface area (Å²) in [4.78, 5) is 82.7. The second-order valence-corrected chi connectivity index (χ2v) is 27.0. The van der Waals surface area contributed by atoms with Gasteiger partial charge in [-0.1, -0.05) is 0 Å². The third kappa shape index (κ3) is 19.3. The lowest BCUT2D eigenvalue weighted by Crippen LogP contribution is -2.71. The Bertz CT molecular complexity index is 2210. The van der Waals surface area contributed by atoms with Gasteiger partial charge in [0.05, 0.1) is 43.9 Å². The smallest absolute Gasteiger partial charge is 0.410 e. The third-order valence-corrected chi connectivity index (χ3v) is 13.4. The lowest BCUT2D eigenvalue weighted by atomic mass is 9.80. The van der Waals surface area contributed by atoms with Crippen molar-refractivity contribution in [2.75, 3.05) is 39.8 Å². The number of aliphatic hydroxyl groups is 4. The SMILES string of the molecule is CN(C(=O)OC(C)(C)C)[C@@H]1[C@@H](O)[C@@H](O[C@@H]2[C@@H](O)[C@H](O[C@H]3OC(CNC[C@H]4C[C@H](NC(=O)OC(C)(C)C)C4)=CC[C@H]3NC(=O)OC(C)(C)C)[C@@H](NC(=O)OC(C)(C)C)C[C@H]2NC(=O)C2(O)CCN(C(=O)OC(C)(C)C)C2)OC[C@]1(C)O. The molecule has 3 aliphatic heterocycles. The van der Waals surface area contributed by atoms with Crippen molar-refractivity contribution in [2.24, 2.45) is 5.92 Å². The predicted octanol–water partition coefficient (Wildman–Crippen LogP) is 3.39. The van der Waals surface area contributed by atoms with Crippen LogP contribution in [0.5, 0.6) is 0 Å². The van der Waals surface area contributed by atoms with Crippen LogP contribution in [-0.2, 0) is 47.4 Å². The van der Waals surface area contributed by atoms with E-state index in [0.29, 0.717) is 25.1 Å². The van der Waals surface area contributed by atoms with E-state index in [4.69, 9.17) is 42.6 Å². The van der Waals surface area contributed by atoms with Crippen LogP contribution < -0.4 is 26.6 Å². The van der Waals surface area contributed by atoms with Crippen molar-refractivity contribution in [1.29, 1.82) is 0 Å². The van der Waals surface area contributed by atoms with Crippen molar-refractivity contribution in [3.8, 4) is 0 Å². The molecular weight excluding hydrogens is 1050 g/mol. The Morgan fingerprint density at radius 3 is 1.71 bits per heavy atom. The van der Waals surface area contributed by atoms with E-state index in [1.54, 1.807) is 110 Å². The van der Waals surface area contributed by atoms with E-state index >= 15 is 0 Å². The lowest BCUT2D eigenvalue weighted by molar-refractivity contribution is -0.311. The van der Waals surface area contributed by atoms with E-state index in [1.165, 1.54) is 18.9 Å². The Labute approximate surface area is 470 Å². The molecule has 0 aromatic rings. The Hall–Kier alpha value is -4.96. The molecule has 2 saturated heterocycles. The molecule has 0 aromatic carbocycles. The summed E-state index contributed by atoms with van der Waals surface area (Å²) in [6.07, 6.45) is -11.3. The number of hydrogen-bond donors (Lipinski definition) is 9. The highest BCUT2D eigenvalue weighted by molar-refractivity contribution is 5.87. The third-order valence-electron chi connectivity index (χ3n) is 13.4. The van der Waals surface area contributed by atoms with E-state index in [-0.39, 0.29) is 44.3 Å². The van der Waals surface area contributed by atoms with Crippen LogP contribution in [-0.4, -0.2) is 213 Å². The number of ether oxygens (including phenoxy) is 9. The second kappa shape index (κ2) is 25.3. The van der Waals surface area contributed by atoms with Crippen LogP contribution in [0.25, 0.3) is 0 Å². The van der Waals surface area contributed by atoms with E-state index in [9.17, 15) is 49.2 Å². The minimum Gasteiger partial charge on any atom is -0.466 e. The van der Waals surface area contributed by atoms with E-state index in [0.717, 1.165) is 4.90 Å². The maximum absolute atomic E-state index is 14.5. The van der Waals surface area contributed by atoms with Gasteiger partial charge in [-0.25, -0.2) is 24.0 Å². The number of likely N-dealkylation sites (tertiary alicyclic amines) is 1. The Kier molecular flexibility index (Phi) is 20.8. The molecule has 0 aromatic heterocycles. The van der Waals surface area contributed by atoms with Crippen molar-refractivity contribution in [3.63, 3.8) is 0 Å². The van der Waals surface area contributed by atoms with E-state index in [2.05, 4.69) is 26.6 Å². The zero-order chi connectivity index (χ0) is 60.3.